The van der Waals surface area contributed by atoms with Gasteiger partial charge in [-0.3, -0.25) is 10.1 Å². The number of carbonyl (C=O) groups excluding carboxylic acids is 3. The van der Waals surface area contributed by atoms with E-state index in [1.807, 2.05) is 48.5 Å². The lowest BCUT2D eigenvalue weighted by molar-refractivity contribution is -0.127. The Morgan fingerprint density at radius 1 is 1.05 bits per heavy atom. The molecule has 0 saturated heterocycles. The molecule has 1 aromatic heterocycles. The minimum Gasteiger partial charge on any atom is -0.493 e. The SMILES string of the molecule is CCNC(=O)NC(=O)C(C)OC(=O)c1c2c(nc3ccccc13)C(=Cc1ccc(OC)c(OC)c1)CC2. The van der Waals surface area contributed by atoms with E-state index in [1.54, 1.807) is 21.1 Å². The van der Waals surface area contributed by atoms with Crippen LogP contribution in [0.3, 0.4) is 0 Å². The third-order valence-electron chi connectivity index (χ3n) is 6.12. The standard InChI is InChI=1S/C28H29N3O6/c1-5-29-28(34)31-26(32)16(2)37-27(33)24-19-8-6-7-9-21(19)30-25-18(11-12-20(24)25)14-17-10-13-22(35-3)23(15-17)36-4/h6-10,13-16H,5,11-12H2,1-4H3,(H2,29,31,32,34). The number of hydrogen-bond donors (Lipinski definition) is 2. The van der Waals surface area contributed by atoms with Crippen molar-refractivity contribution in [3.05, 3.63) is 64.8 Å². The number of urea groups is 1. The minimum atomic E-state index is -1.17. The van der Waals surface area contributed by atoms with Gasteiger partial charge in [-0.05, 0) is 67.7 Å². The van der Waals surface area contributed by atoms with Gasteiger partial charge in [-0.1, -0.05) is 24.3 Å². The fourth-order valence-electron chi connectivity index (χ4n) is 4.35. The highest BCUT2D eigenvalue weighted by molar-refractivity contribution is 6.08. The first-order valence-electron chi connectivity index (χ1n) is 12.0. The maximum atomic E-state index is 13.4. The average Bonchev–Trinajstić information content (AvgIpc) is 3.28. The number of carbonyl (C=O) groups is 3. The van der Waals surface area contributed by atoms with E-state index in [1.165, 1.54) is 6.92 Å². The molecular formula is C28H29N3O6. The number of rotatable bonds is 7. The molecule has 0 fully saturated rings. The molecule has 1 aliphatic carbocycles. The first kappa shape index (κ1) is 25.7. The van der Waals surface area contributed by atoms with Gasteiger partial charge in [0.05, 0.1) is 31.0 Å². The molecule has 37 heavy (non-hydrogen) atoms. The van der Waals surface area contributed by atoms with E-state index in [0.717, 1.165) is 22.4 Å². The summed E-state index contributed by atoms with van der Waals surface area (Å²) in [7, 11) is 3.17. The highest BCUT2D eigenvalue weighted by atomic mass is 16.5. The summed E-state index contributed by atoms with van der Waals surface area (Å²) in [6.07, 6.45) is 2.13. The number of pyridine rings is 1. The molecule has 9 nitrogen and oxygen atoms in total. The van der Waals surface area contributed by atoms with Crippen molar-refractivity contribution in [3.63, 3.8) is 0 Å². The second-order valence-corrected chi connectivity index (χ2v) is 8.51. The van der Waals surface area contributed by atoms with Gasteiger partial charge in [-0.2, -0.15) is 0 Å². The smallest absolute Gasteiger partial charge is 0.339 e. The van der Waals surface area contributed by atoms with Crippen molar-refractivity contribution in [3.8, 4) is 11.5 Å². The summed E-state index contributed by atoms with van der Waals surface area (Å²) in [6, 6.07) is 12.3. The maximum Gasteiger partial charge on any atom is 0.339 e. The number of nitrogens with zero attached hydrogens (tertiary/aromatic N) is 1. The lowest BCUT2D eigenvalue weighted by Gasteiger charge is -2.16. The van der Waals surface area contributed by atoms with E-state index < -0.39 is 24.0 Å². The molecule has 9 heteroatoms. The van der Waals surface area contributed by atoms with Crippen molar-refractivity contribution in [1.29, 1.82) is 0 Å². The number of methoxy groups -OCH3 is 2. The van der Waals surface area contributed by atoms with Gasteiger partial charge in [-0.15, -0.1) is 0 Å². The van der Waals surface area contributed by atoms with Gasteiger partial charge in [0.2, 0.25) is 0 Å². The van der Waals surface area contributed by atoms with Crippen LogP contribution >= 0.6 is 0 Å². The number of imide groups is 1. The average molecular weight is 504 g/mol. The molecule has 2 aromatic carbocycles. The van der Waals surface area contributed by atoms with Crippen LogP contribution in [0.1, 0.15) is 47.4 Å². The molecule has 1 atom stereocenters. The maximum absolute atomic E-state index is 13.4. The lowest BCUT2D eigenvalue weighted by Crippen LogP contribution is -2.44. The largest absolute Gasteiger partial charge is 0.493 e. The second-order valence-electron chi connectivity index (χ2n) is 8.51. The van der Waals surface area contributed by atoms with Gasteiger partial charge >= 0.3 is 12.0 Å². The molecule has 0 saturated carbocycles. The number of amides is 3. The van der Waals surface area contributed by atoms with Gasteiger partial charge in [0.25, 0.3) is 5.91 Å². The van der Waals surface area contributed by atoms with Gasteiger partial charge < -0.3 is 19.5 Å². The topological polar surface area (TPSA) is 116 Å². The number of benzene rings is 2. The van der Waals surface area contributed by atoms with E-state index in [0.29, 0.717) is 47.4 Å². The Hall–Kier alpha value is -4.40. The molecule has 0 bridgehead atoms. The van der Waals surface area contributed by atoms with Crippen LogP contribution in [0.5, 0.6) is 11.5 Å². The summed E-state index contributed by atoms with van der Waals surface area (Å²) in [5.41, 5.74) is 4.41. The number of para-hydroxylation sites is 1. The Morgan fingerprint density at radius 2 is 1.81 bits per heavy atom. The first-order chi connectivity index (χ1) is 17.9. The minimum absolute atomic E-state index is 0.363. The normalized spacial score (nSPS) is 14.1. The fourth-order valence-corrected chi connectivity index (χ4v) is 4.35. The van der Waals surface area contributed by atoms with Crippen LogP contribution in [-0.4, -0.2) is 49.8 Å². The van der Waals surface area contributed by atoms with Crippen LogP contribution in [-0.2, 0) is 16.0 Å². The highest BCUT2D eigenvalue weighted by Gasteiger charge is 2.29. The Kier molecular flexibility index (Phi) is 7.71. The third kappa shape index (κ3) is 5.40. The monoisotopic (exact) mass is 503 g/mol. The Morgan fingerprint density at radius 3 is 2.54 bits per heavy atom. The first-order valence-corrected chi connectivity index (χ1v) is 12.0. The number of allylic oxidation sites excluding steroid dienone is 1. The Labute approximate surface area is 214 Å². The van der Waals surface area contributed by atoms with E-state index >= 15 is 0 Å². The number of ether oxygens (including phenoxy) is 3. The van der Waals surface area contributed by atoms with Gasteiger partial charge in [0.15, 0.2) is 17.6 Å². The summed E-state index contributed by atoms with van der Waals surface area (Å²) >= 11 is 0. The number of hydrogen-bond acceptors (Lipinski definition) is 7. The Balaban J connectivity index is 1.69. The number of fused-ring (bicyclic) bond motifs is 2. The molecule has 3 amide bonds. The van der Waals surface area contributed by atoms with E-state index in [9.17, 15) is 14.4 Å². The zero-order valence-corrected chi connectivity index (χ0v) is 21.2. The highest BCUT2D eigenvalue weighted by Crippen LogP contribution is 2.38. The molecule has 0 aliphatic heterocycles. The molecule has 1 aliphatic rings. The number of esters is 1. The molecule has 1 unspecified atom stereocenters. The van der Waals surface area contributed by atoms with Gasteiger partial charge in [0, 0.05) is 11.9 Å². The second kappa shape index (κ2) is 11.1. The van der Waals surface area contributed by atoms with E-state index in [2.05, 4.69) is 10.6 Å². The van der Waals surface area contributed by atoms with Crippen LogP contribution in [0.2, 0.25) is 0 Å². The third-order valence-corrected chi connectivity index (χ3v) is 6.12. The van der Waals surface area contributed by atoms with Crippen molar-refractivity contribution in [1.82, 2.24) is 15.6 Å². The quantitative estimate of drug-likeness (QED) is 0.466. The molecule has 1 heterocycles. The lowest BCUT2D eigenvalue weighted by atomic mass is 10.0. The summed E-state index contributed by atoms with van der Waals surface area (Å²) in [5, 5.41) is 5.29. The van der Waals surface area contributed by atoms with E-state index in [4.69, 9.17) is 19.2 Å². The van der Waals surface area contributed by atoms with Crippen LogP contribution in [0.4, 0.5) is 4.79 Å². The zero-order valence-electron chi connectivity index (χ0n) is 21.2. The van der Waals surface area contributed by atoms with Crippen molar-refractivity contribution >= 4 is 40.5 Å². The summed E-state index contributed by atoms with van der Waals surface area (Å²) < 4.78 is 16.3. The molecule has 4 rings (SSSR count). The fraction of sp³-hybridized carbons (Fsp3) is 0.286. The van der Waals surface area contributed by atoms with Crippen molar-refractivity contribution in [2.24, 2.45) is 0 Å². The molecule has 2 N–H and O–H groups in total. The van der Waals surface area contributed by atoms with Crippen LogP contribution in [0, 0.1) is 0 Å². The number of aromatic nitrogens is 1. The van der Waals surface area contributed by atoms with E-state index in [-0.39, 0.29) is 0 Å². The molecule has 3 aromatic rings. The van der Waals surface area contributed by atoms with Gasteiger partial charge in [0.1, 0.15) is 0 Å². The molecule has 0 spiro atoms. The predicted octanol–water partition coefficient (Wildman–Crippen LogP) is 4.13. The number of nitrogens with one attached hydrogen (secondary N) is 2. The predicted molar refractivity (Wildman–Crippen MR) is 140 cm³/mol. The van der Waals surface area contributed by atoms with Crippen LogP contribution in [0.25, 0.3) is 22.6 Å². The zero-order chi connectivity index (χ0) is 26.5. The van der Waals surface area contributed by atoms with Crippen molar-refractivity contribution in [2.75, 3.05) is 20.8 Å². The van der Waals surface area contributed by atoms with Crippen LogP contribution < -0.4 is 20.1 Å². The van der Waals surface area contributed by atoms with Crippen LogP contribution in [0.15, 0.2) is 42.5 Å². The van der Waals surface area contributed by atoms with Crippen molar-refractivity contribution < 1.29 is 28.6 Å². The molecule has 192 valence electrons. The Bertz CT molecular complexity index is 1400. The summed E-state index contributed by atoms with van der Waals surface area (Å²) in [6.45, 7) is 3.52. The van der Waals surface area contributed by atoms with Gasteiger partial charge in [-0.25, -0.2) is 14.6 Å². The summed E-state index contributed by atoms with van der Waals surface area (Å²) in [4.78, 5) is 42.3. The van der Waals surface area contributed by atoms with Crippen molar-refractivity contribution in [2.45, 2.75) is 32.8 Å². The summed E-state index contributed by atoms with van der Waals surface area (Å²) in [5.74, 6) is -0.0919. The molecule has 0 radical (unpaired) electrons. The molecular weight excluding hydrogens is 474 g/mol.